The second-order valence-electron chi connectivity index (χ2n) is 6.53. The number of benzene rings is 1. The Morgan fingerprint density at radius 2 is 1.82 bits per heavy atom. The van der Waals surface area contributed by atoms with E-state index in [2.05, 4.69) is 26.3 Å². The minimum absolute atomic E-state index is 0.177. The first kappa shape index (κ1) is 18.3. The molecule has 1 fully saturated rings. The fourth-order valence-electron chi connectivity index (χ4n) is 3.10. The van der Waals surface area contributed by atoms with Crippen molar-refractivity contribution in [1.82, 2.24) is 20.3 Å². The minimum atomic E-state index is -0.332. The minimum Gasteiger partial charge on any atom is -0.321 e. The molecule has 4 rings (SSSR count). The van der Waals surface area contributed by atoms with Crippen LogP contribution in [-0.2, 0) is 0 Å². The van der Waals surface area contributed by atoms with E-state index in [0.717, 1.165) is 25.9 Å². The van der Waals surface area contributed by atoms with Gasteiger partial charge < -0.3 is 16.0 Å². The third-order valence-corrected chi connectivity index (χ3v) is 5.42. The van der Waals surface area contributed by atoms with Gasteiger partial charge in [-0.05, 0) is 55.6 Å². The molecule has 9 heteroatoms. The van der Waals surface area contributed by atoms with E-state index in [0.29, 0.717) is 16.3 Å². The van der Waals surface area contributed by atoms with E-state index in [9.17, 15) is 9.59 Å². The van der Waals surface area contributed by atoms with Gasteiger partial charge >= 0.3 is 0 Å². The van der Waals surface area contributed by atoms with Crippen molar-refractivity contribution in [3.8, 4) is 0 Å². The van der Waals surface area contributed by atoms with Crippen LogP contribution >= 0.6 is 11.3 Å². The Bertz CT molecular complexity index is 962. The average Bonchev–Trinajstić information content (AvgIpc) is 3.41. The molecule has 2 aromatic heterocycles. The van der Waals surface area contributed by atoms with Crippen molar-refractivity contribution in [2.24, 2.45) is 0 Å². The zero-order valence-corrected chi connectivity index (χ0v) is 15.9. The Morgan fingerprint density at radius 1 is 1.07 bits per heavy atom. The van der Waals surface area contributed by atoms with Gasteiger partial charge in [-0.15, -0.1) is 16.4 Å². The lowest BCUT2D eigenvalue weighted by Gasteiger charge is -2.22. The van der Waals surface area contributed by atoms with Crippen LogP contribution in [0.2, 0.25) is 0 Å². The Labute approximate surface area is 166 Å². The maximum Gasteiger partial charge on any atom is 0.277 e. The van der Waals surface area contributed by atoms with Crippen molar-refractivity contribution in [1.29, 1.82) is 0 Å². The summed E-state index contributed by atoms with van der Waals surface area (Å²) in [5, 5.41) is 18.9. The van der Waals surface area contributed by atoms with Crippen LogP contribution in [0.4, 0.5) is 11.4 Å². The molecule has 8 nitrogen and oxygen atoms in total. The number of piperidine rings is 1. The molecule has 0 aliphatic carbocycles. The number of carbonyl (C=O) groups is 2. The number of amides is 2. The molecule has 1 aromatic carbocycles. The van der Waals surface area contributed by atoms with Crippen LogP contribution in [0.25, 0.3) is 0 Å². The summed E-state index contributed by atoms with van der Waals surface area (Å²) in [6, 6.07) is 10.9. The number of aromatic nitrogens is 3. The molecule has 0 saturated carbocycles. The molecular formula is C19H20N6O2S. The number of hydrogen-bond donors (Lipinski definition) is 3. The fraction of sp³-hybridized carbons (Fsp3) is 0.263. The molecule has 144 valence electrons. The van der Waals surface area contributed by atoms with Crippen LogP contribution in [0.3, 0.4) is 0 Å². The SMILES string of the molecule is O=C(Nc1cccc(NC(=O)c2cccs2)c1)c1cn(C2CCNCC2)nn1. The zero-order valence-electron chi connectivity index (χ0n) is 15.1. The molecule has 1 saturated heterocycles. The molecule has 3 aromatic rings. The smallest absolute Gasteiger partial charge is 0.277 e. The molecule has 1 aliphatic rings. The summed E-state index contributed by atoms with van der Waals surface area (Å²) in [6.45, 7) is 1.88. The van der Waals surface area contributed by atoms with E-state index in [1.54, 1.807) is 41.2 Å². The molecule has 0 atom stereocenters. The number of hydrogen-bond acceptors (Lipinski definition) is 6. The highest BCUT2D eigenvalue weighted by atomic mass is 32.1. The van der Waals surface area contributed by atoms with E-state index in [1.807, 2.05) is 11.4 Å². The molecule has 3 N–H and O–H groups in total. The maximum atomic E-state index is 12.5. The van der Waals surface area contributed by atoms with Gasteiger partial charge in [-0.1, -0.05) is 17.3 Å². The van der Waals surface area contributed by atoms with Crippen molar-refractivity contribution < 1.29 is 9.59 Å². The first-order valence-corrected chi connectivity index (χ1v) is 9.96. The van der Waals surface area contributed by atoms with E-state index >= 15 is 0 Å². The second kappa shape index (κ2) is 8.32. The Hall–Kier alpha value is -3.04. The molecule has 3 heterocycles. The predicted molar refractivity (Wildman–Crippen MR) is 108 cm³/mol. The average molecular weight is 396 g/mol. The largest absolute Gasteiger partial charge is 0.321 e. The predicted octanol–water partition coefficient (Wildman–Crippen LogP) is 2.77. The summed E-state index contributed by atoms with van der Waals surface area (Å²) in [6.07, 6.45) is 3.63. The van der Waals surface area contributed by atoms with Crippen LogP contribution in [0, 0.1) is 0 Å². The van der Waals surface area contributed by atoms with E-state index in [-0.39, 0.29) is 23.6 Å². The lowest BCUT2D eigenvalue weighted by molar-refractivity contribution is 0.101. The van der Waals surface area contributed by atoms with Gasteiger partial charge in [0.05, 0.1) is 17.1 Å². The highest BCUT2D eigenvalue weighted by molar-refractivity contribution is 7.12. The topological polar surface area (TPSA) is 101 Å². The van der Waals surface area contributed by atoms with E-state index in [4.69, 9.17) is 0 Å². The molecule has 0 bridgehead atoms. The van der Waals surface area contributed by atoms with Crippen LogP contribution in [0.15, 0.2) is 48.0 Å². The van der Waals surface area contributed by atoms with Crippen LogP contribution in [0.5, 0.6) is 0 Å². The van der Waals surface area contributed by atoms with Crippen molar-refractivity contribution in [2.75, 3.05) is 23.7 Å². The molecule has 28 heavy (non-hydrogen) atoms. The van der Waals surface area contributed by atoms with Gasteiger partial charge in [0.25, 0.3) is 11.8 Å². The summed E-state index contributed by atoms with van der Waals surface area (Å²) in [5.41, 5.74) is 1.45. The van der Waals surface area contributed by atoms with Crippen LogP contribution < -0.4 is 16.0 Å². The number of rotatable bonds is 5. The van der Waals surface area contributed by atoms with Crippen LogP contribution in [0.1, 0.15) is 39.0 Å². The van der Waals surface area contributed by atoms with Gasteiger partial charge in [0.2, 0.25) is 0 Å². The van der Waals surface area contributed by atoms with Crippen molar-refractivity contribution in [3.63, 3.8) is 0 Å². The fourth-order valence-corrected chi connectivity index (χ4v) is 3.72. The van der Waals surface area contributed by atoms with Crippen molar-refractivity contribution in [2.45, 2.75) is 18.9 Å². The third kappa shape index (κ3) is 4.26. The second-order valence-corrected chi connectivity index (χ2v) is 7.48. The Morgan fingerprint density at radius 3 is 2.54 bits per heavy atom. The third-order valence-electron chi connectivity index (χ3n) is 4.55. The number of carbonyl (C=O) groups excluding carboxylic acids is 2. The first-order valence-electron chi connectivity index (χ1n) is 9.08. The van der Waals surface area contributed by atoms with E-state index in [1.165, 1.54) is 11.3 Å². The molecule has 2 amide bonds. The number of thiophene rings is 1. The summed E-state index contributed by atoms with van der Waals surface area (Å²) < 4.78 is 1.77. The van der Waals surface area contributed by atoms with Gasteiger partial charge in [-0.2, -0.15) is 0 Å². The number of nitrogens with zero attached hydrogens (tertiary/aromatic N) is 3. The van der Waals surface area contributed by atoms with Crippen LogP contribution in [-0.4, -0.2) is 39.9 Å². The lowest BCUT2D eigenvalue weighted by atomic mass is 10.1. The Kier molecular flexibility index (Phi) is 5.45. The molecule has 1 aliphatic heterocycles. The summed E-state index contributed by atoms with van der Waals surface area (Å²) in [7, 11) is 0. The summed E-state index contributed by atoms with van der Waals surface area (Å²) >= 11 is 1.37. The normalized spacial score (nSPS) is 14.6. The molecule has 0 spiro atoms. The van der Waals surface area contributed by atoms with Gasteiger partial charge in [-0.25, -0.2) is 4.68 Å². The quantitative estimate of drug-likeness (QED) is 0.616. The van der Waals surface area contributed by atoms with Gasteiger partial charge in [0, 0.05) is 11.4 Å². The highest BCUT2D eigenvalue weighted by Gasteiger charge is 2.19. The molecule has 0 unspecified atom stereocenters. The number of anilines is 2. The standard InChI is InChI=1S/C19H20N6O2S/c26-18(16-12-25(24-23-16)15-6-8-20-9-7-15)21-13-3-1-4-14(11-13)22-19(27)17-5-2-10-28-17/h1-5,10-12,15,20H,6-9H2,(H,21,26)(H,22,27). The summed E-state index contributed by atoms with van der Waals surface area (Å²) in [4.78, 5) is 25.3. The van der Waals surface area contributed by atoms with Crippen molar-refractivity contribution >= 4 is 34.5 Å². The zero-order chi connectivity index (χ0) is 19.3. The maximum absolute atomic E-state index is 12.5. The first-order chi connectivity index (χ1) is 13.7. The highest BCUT2D eigenvalue weighted by Crippen LogP contribution is 2.19. The van der Waals surface area contributed by atoms with Crippen molar-refractivity contribution in [3.05, 3.63) is 58.5 Å². The number of nitrogens with one attached hydrogen (secondary N) is 3. The van der Waals surface area contributed by atoms with E-state index < -0.39 is 0 Å². The summed E-state index contributed by atoms with van der Waals surface area (Å²) in [5.74, 6) is -0.509. The lowest BCUT2D eigenvalue weighted by Crippen LogP contribution is -2.29. The van der Waals surface area contributed by atoms with Gasteiger partial charge in [-0.3, -0.25) is 9.59 Å². The molecule has 0 radical (unpaired) electrons. The van der Waals surface area contributed by atoms with Gasteiger partial charge in [0.15, 0.2) is 5.69 Å². The Balaban J connectivity index is 1.40. The monoisotopic (exact) mass is 396 g/mol. The van der Waals surface area contributed by atoms with Gasteiger partial charge in [0.1, 0.15) is 0 Å². The molecular weight excluding hydrogens is 376 g/mol.